The Balaban J connectivity index is 1.42. The number of allylic oxidation sites excluding steroid dienone is 2. The molecule has 0 radical (unpaired) electrons. The van der Waals surface area contributed by atoms with Crippen molar-refractivity contribution in [2.24, 2.45) is 4.99 Å². The molecule has 6 rings (SSSR count). The van der Waals surface area contributed by atoms with Gasteiger partial charge in [-0.15, -0.1) is 5.73 Å². The van der Waals surface area contributed by atoms with Crippen molar-refractivity contribution in [3.8, 4) is 22.6 Å². The van der Waals surface area contributed by atoms with E-state index >= 15 is 0 Å². The molecule has 0 saturated heterocycles. The first-order chi connectivity index (χ1) is 18.1. The van der Waals surface area contributed by atoms with Crippen molar-refractivity contribution in [3.63, 3.8) is 0 Å². The number of amides is 1. The van der Waals surface area contributed by atoms with Gasteiger partial charge in [0, 0.05) is 53.2 Å². The number of aromatic nitrogens is 6. The Morgan fingerprint density at radius 3 is 2.86 bits per heavy atom. The molecular formula is C27H19FN8O. The summed E-state index contributed by atoms with van der Waals surface area (Å²) in [5, 5.41) is 11.3. The van der Waals surface area contributed by atoms with Crippen LogP contribution in [0.3, 0.4) is 0 Å². The van der Waals surface area contributed by atoms with Crippen LogP contribution in [0.25, 0.3) is 50.2 Å². The van der Waals surface area contributed by atoms with Crippen LogP contribution in [0.2, 0.25) is 0 Å². The first-order valence-corrected chi connectivity index (χ1v) is 11.5. The number of anilines is 1. The molecule has 37 heavy (non-hydrogen) atoms. The second kappa shape index (κ2) is 9.10. The highest BCUT2D eigenvalue weighted by Crippen LogP contribution is 2.32. The number of rotatable bonds is 5. The molecule has 0 fully saturated rings. The lowest BCUT2D eigenvalue weighted by molar-refractivity contribution is -0.115. The van der Waals surface area contributed by atoms with Gasteiger partial charge in [-0.25, -0.2) is 9.37 Å². The maximum atomic E-state index is 13.6. The number of imidazole rings is 1. The maximum absolute atomic E-state index is 13.6. The van der Waals surface area contributed by atoms with Gasteiger partial charge in [0.1, 0.15) is 17.0 Å². The fourth-order valence-corrected chi connectivity index (χ4v) is 4.08. The first kappa shape index (κ1) is 22.3. The molecule has 1 amide bonds. The molecule has 0 spiro atoms. The SMILES string of the molecule is CCC(=O)Nc1cncc(-c2ccc3[nH]nc(-c4nc5c(C6=C=CC(F)=CN=C6)cncc5[nH]4)c3c2)c1. The molecule has 1 aliphatic heterocycles. The van der Waals surface area contributed by atoms with Crippen LogP contribution >= 0.6 is 0 Å². The fourth-order valence-electron chi connectivity index (χ4n) is 4.08. The van der Waals surface area contributed by atoms with Gasteiger partial charge in [0.05, 0.1) is 35.3 Å². The third-order valence-electron chi connectivity index (χ3n) is 5.92. The quantitative estimate of drug-likeness (QED) is 0.287. The van der Waals surface area contributed by atoms with Crippen molar-refractivity contribution in [2.75, 3.05) is 5.32 Å². The van der Waals surface area contributed by atoms with Gasteiger partial charge in [-0.2, -0.15) is 5.10 Å². The molecule has 0 unspecified atom stereocenters. The van der Waals surface area contributed by atoms with Gasteiger partial charge in [0.15, 0.2) is 5.82 Å². The highest BCUT2D eigenvalue weighted by Gasteiger charge is 2.17. The molecular weight excluding hydrogens is 471 g/mol. The minimum Gasteiger partial charge on any atom is -0.335 e. The van der Waals surface area contributed by atoms with Crippen molar-refractivity contribution >= 4 is 45.3 Å². The number of fused-ring (bicyclic) bond motifs is 2. The van der Waals surface area contributed by atoms with Crippen LogP contribution in [0.5, 0.6) is 0 Å². The average molecular weight is 491 g/mol. The molecule has 180 valence electrons. The zero-order valence-corrected chi connectivity index (χ0v) is 19.6. The Hall–Kier alpha value is -5.21. The number of pyridine rings is 2. The summed E-state index contributed by atoms with van der Waals surface area (Å²) in [5.74, 6) is -0.0106. The van der Waals surface area contributed by atoms with Gasteiger partial charge >= 0.3 is 0 Å². The zero-order valence-electron chi connectivity index (χ0n) is 19.6. The number of carbonyl (C=O) groups is 1. The number of hydrogen-bond acceptors (Lipinski definition) is 6. The van der Waals surface area contributed by atoms with Gasteiger partial charge in [-0.05, 0) is 23.8 Å². The molecule has 5 aromatic rings. The van der Waals surface area contributed by atoms with Crippen LogP contribution in [0, 0.1) is 0 Å². The molecule has 5 heterocycles. The van der Waals surface area contributed by atoms with Crippen LogP contribution in [0.1, 0.15) is 18.9 Å². The number of carbonyl (C=O) groups excluding carboxylic acids is 1. The molecule has 3 N–H and O–H groups in total. The average Bonchev–Trinajstić information content (AvgIpc) is 3.48. The molecule has 0 aliphatic carbocycles. The summed E-state index contributed by atoms with van der Waals surface area (Å²) < 4.78 is 13.6. The zero-order chi connectivity index (χ0) is 25.4. The van der Waals surface area contributed by atoms with Crippen LogP contribution < -0.4 is 5.32 Å². The van der Waals surface area contributed by atoms with Gasteiger partial charge in [-0.1, -0.05) is 13.0 Å². The third-order valence-corrected chi connectivity index (χ3v) is 5.92. The highest BCUT2D eigenvalue weighted by molar-refractivity contribution is 6.14. The van der Waals surface area contributed by atoms with Crippen molar-refractivity contribution in [1.29, 1.82) is 0 Å². The van der Waals surface area contributed by atoms with E-state index in [9.17, 15) is 9.18 Å². The topological polar surface area (TPSA) is 125 Å². The number of aromatic amines is 2. The number of halogens is 1. The molecule has 0 atom stereocenters. The van der Waals surface area contributed by atoms with Crippen LogP contribution in [0.4, 0.5) is 10.1 Å². The summed E-state index contributed by atoms with van der Waals surface area (Å²) in [5.41, 5.74) is 9.35. The summed E-state index contributed by atoms with van der Waals surface area (Å²) in [7, 11) is 0. The van der Waals surface area contributed by atoms with Crippen molar-refractivity contribution < 1.29 is 9.18 Å². The van der Waals surface area contributed by atoms with Gasteiger partial charge in [0.25, 0.3) is 0 Å². The second-order valence-corrected chi connectivity index (χ2v) is 8.36. The number of H-pyrrole nitrogens is 2. The van der Waals surface area contributed by atoms with Gasteiger partial charge < -0.3 is 10.3 Å². The lowest BCUT2D eigenvalue weighted by atomic mass is 10.0. The summed E-state index contributed by atoms with van der Waals surface area (Å²) in [6.07, 6.45) is 11.0. The standard InChI is InChI=1S/C27H19FN8O/c1-2-24(37)32-19-7-17(10-30-12-19)15-4-6-22-20(8-15)26(36-35-22)27-33-23-14-31-13-21(25(23)34-27)16-3-5-18(28)11-29-9-16/h4-14H,2H2,1H3,(H,32,37)(H,33,34)(H,35,36). The van der Waals surface area contributed by atoms with E-state index in [0.717, 1.165) is 28.2 Å². The molecule has 10 heteroatoms. The Morgan fingerprint density at radius 2 is 1.97 bits per heavy atom. The van der Waals surface area contributed by atoms with E-state index in [2.05, 4.69) is 41.2 Å². The van der Waals surface area contributed by atoms with Crippen molar-refractivity contribution in [1.82, 2.24) is 30.1 Å². The smallest absolute Gasteiger partial charge is 0.224 e. The second-order valence-electron chi connectivity index (χ2n) is 8.36. The van der Waals surface area contributed by atoms with Crippen molar-refractivity contribution in [3.05, 3.63) is 78.5 Å². The molecule has 9 nitrogen and oxygen atoms in total. The predicted molar refractivity (Wildman–Crippen MR) is 140 cm³/mol. The van der Waals surface area contributed by atoms with Gasteiger partial charge in [-0.3, -0.25) is 24.9 Å². The molecule has 0 bridgehead atoms. The lowest BCUT2D eigenvalue weighted by Gasteiger charge is -2.06. The highest BCUT2D eigenvalue weighted by atomic mass is 19.1. The normalized spacial score (nSPS) is 13.0. The molecule has 4 aromatic heterocycles. The Kier molecular flexibility index (Phi) is 5.48. The molecule has 1 aromatic carbocycles. The monoisotopic (exact) mass is 490 g/mol. The molecule has 1 aliphatic rings. The van der Waals surface area contributed by atoms with Crippen molar-refractivity contribution in [2.45, 2.75) is 13.3 Å². The largest absolute Gasteiger partial charge is 0.335 e. The minimum atomic E-state index is -0.485. The van der Waals surface area contributed by atoms with E-state index in [-0.39, 0.29) is 5.91 Å². The fraction of sp³-hybridized carbons (Fsp3) is 0.0741. The predicted octanol–water partition coefficient (Wildman–Crippen LogP) is 5.35. The number of nitrogens with zero attached hydrogens (tertiary/aromatic N) is 5. The van der Waals surface area contributed by atoms with E-state index in [1.165, 1.54) is 12.3 Å². The first-order valence-electron chi connectivity index (χ1n) is 11.5. The molecule has 0 saturated carbocycles. The van der Waals surface area contributed by atoms with E-state index in [4.69, 9.17) is 4.98 Å². The summed E-state index contributed by atoms with van der Waals surface area (Å²) in [6.45, 7) is 1.80. The number of nitrogens with one attached hydrogen (secondary N) is 3. The summed E-state index contributed by atoms with van der Waals surface area (Å²) in [4.78, 5) is 32.4. The number of benzene rings is 1. The number of hydrogen-bond donors (Lipinski definition) is 3. The third kappa shape index (κ3) is 4.22. The Bertz CT molecular complexity index is 1820. The van der Waals surface area contributed by atoms with E-state index in [0.29, 0.717) is 45.8 Å². The Labute approximate surface area is 209 Å². The minimum absolute atomic E-state index is 0.0759. The Morgan fingerprint density at radius 1 is 1.08 bits per heavy atom. The van der Waals surface area contributed by atoms with E-state index < -0.39 is 5.83 Å². The van der Waals surface area contributed by atoms with Crippen LogP contribution in [-0.2, 0) is 4.79 Å². The summed E-state index contributed by atoms with van der Waals surface area (Å²) in [6, 6.07) is 7.78. The van der Waals surface area contributed by atoms with Crippen LogP contribution in [-0.4, -0.2) is 42.3 Å². The van der Waals surface area contributed by atoms with Crippen LogP contribution in [0.15, 0.2) is 77.9 Å². The van der Waals surface area contributed by atoms with Gasteiger partial charge in [0.2, 0.25) is 5.91 Å². The number of aliphatic imine (C=N–C) groups is 1. The van der Waals surface area contributed by atoms with E-state index in [1.807, 2.05) is 24.3 Å². The van der Waals surface area contributed by atoms with E-state index in [1.54, 1.807) is 31.7 Å². The lowest BCUT2D eigenvalue weighted by Crippen LogP contribution is -2.09. The maximum Gasteiger partial charge on any atom is 0.224 e. The summed E-state index contributed by atoms with van der Waals surface area (Å²) >= 11 is 0.